The lowest BCUT2D eigenvalue weighted by atomic mass is 10.1. The van der Waals surface area contributed by atoms with Gasteiger partial charge in [-0.1, -0.05) is 51.3 Å². The summed E-state index contributed by atoms with van der Waals surface area (Å²) in [7, 11) is 0. The highest BCUT2D eigenvalue weighted by Gasteiger charge is 2.12. The molecule has 2 aromatic rings. The maximum absolute atomic E-state index is 3.63. The van der Waals surface area contributed by atoms with E-state index in [0.717, 1.165) is 6.54 Å². The van der Waals surface area contributed by atoms with Crippen LogP contribution in [0.25, 0.3) is 10.1 Å². The third-order valence-electron chi connectivity index (χ3n) is 3.33. The minimum Gasteiger partial charge on any atom is -0.310 e. The molecule has 0 aliphatic rings. The summed E-state index contributed by atoms with van der Waals surface area (Å²) < 4.78 is 1.41. The Hall–Kier alpha value is -0.860. The van der Waals surface area contributed by atoms with Gasteiger partial charge in [-0.25, -0.2) is 0 Å². The predicted octanol–water partition coefficient (Wildman–Crippen LogP) is 5.13. The molecule has 1 heterocycles. The van der Waals surface area contributed by atoms with Gasteiger partial charge in [-0.15, -0.1) is 11.3 Å². The first-order valence-corrected chi connectivity index (χ1v) is 7.88. The van der Waals surface area contributed by atoms with Gasteiger partial charge in [0.1, 0.15) is 0 Å². The normalized spacial score (nSPS) is 13.0. The Balaban J connectivity index is 2.13. The molecule has 1 N–H and O–H groups in total. The minimum absolute atomic E-state index is 0.541. The van der Waals surface area contributed by atoms with Crippen molar-refractivity contribution >= 4 is 21.4 Å². The molecule has 0 aliphatic heterocycles. The highest BCUT2D eigenvalue weighted by atomic mass is 32.1. The molecule has 0 bridgehead atoms. The molecule has 0 aliphatic carbocycles. The van der Waals surface area contributed by atoms with Gasteiger partial charge in [-0.3, -0.25) is 0 Å². The summed E-state index contributed by atoms with van der Waals surface area (Å²) in [5, 5.41) is 5.01. The Bertz CT molecular complexity index is 442. The number of unbranched alkanes of at least 4 members (excludes halogenated alkanes) is 2. The Labute approximate surface area is 114 Å². The van der Waals surface area contributed by atoms with E-state index in [9.17, 15) is 0 Å². The van der Waals surface area contributed by atoms with Crippen molar-refractivity contribution in [3.63, 3.8) is 0 Å². The van der Waals surface area contributed by atoms with Crippen molar-refractivity contribution in [1.29, 1.82) is 0 Å². The molecular weight excluding hydrogens is 238 g/mol. The Morgan fingerprint density at radius 2 is 2.00 bits per heavy atom. The molecule has 1 unspecified atom stereocenters. The van der Waals surface area contributed by atoms with E-state index in [1.54, 1.807) is 0 Å². The number of nitrogens with one attached hydrogen (secondary N) is 1. The molecule has 1 aromatic carbocycles. The summed E-state index contributed by atoms with van der Waals surface area (Å²) >= 11 is 1.94. The summed E-state index contributed by atoms with van der Waals surface area (Å²) in [5.41, 5.74) is 0. The second-order valence-corrected chi connectivity index (χ2v) is 5.91. The Morgan fingerprint density at radius 3 is 2.72 bits per heavy atom. The van der Waals surface area contributed by atoms with Crippen LogP contribution in [0.1, 0.15) is 50.4 Å². The number of hydrogen-bond donors (Lipinski definition) is 1. The number of fused-ring (bicyclic) bond motifs is 1. The Kier molecular flexibility index (Phi) is 5.21. The number of rotatable bonds is 7. The predicted molar refractivity (Wildman–Crippen MR) is 82.4 cm³/mol. The summed E-state index contributed by atoms with van der Waals surface area (Å²) in [6.45, 7) is 5.51. The lowest BCUT2D eigenvalue weighted by Crippen LogP contribution is -2.19. The molecule has 0 amide bonds. The van der Waals surface area contributed by atoms with Crippen LogP contribution < -0.4 is 5.32 Å². The van der Waals surface area contributed by atoms with Gasteiger partial charge in [-0.05, 0) is 30.5 Å². The van der Waals surface area contributed by atoms with Gasteiger partial charge in [0.05, 0.1) is 0 Å². The lowest BCUT2D eigenvalue weighted by Gasteiger charge is -2.15. The molecule has 2 heteroatoms. The number of thiophene rings is 1. The first-order valence-electron chi connectivity index (χ1n) is 7.07. The molecule has 1 atom stereocenters. The van der Waals surface area contributed by atoms with Gasteiger partial charge in [0, 0.05) is 15.6 Å². The minimum atomic E-state index is 0.541. The van der Waals surface area contributed by atoms with Gasteiger partial charge < -0.3 is 5.32 Å². The van der Waals surface area contributed by atoms with E-state index in [-0.39, 0.29) is 0 Å². The summed E-state index contributed by atoms with van der Waals surface area (Å²) in [5.74, 6) is 0. The van der Waals surface area contributed by atoms with E-state index in [1.165, 1.54) is 40.6 Å². The van der Waals surface area contributed by atoms with Crippen LogP contribution in [0, 0.1) is 0 Å². The van der Waals surface area contributed by atoms with Crippen LogP contribution in [0.4, 0.5) is 0 Å². The number of hydrogen-bond acceptors (Lipinski definition) is 2. The average Bonchev–Trinajstić information content (AvgIpc) is 2.81. The second kappa shape index (κ2) is 6.91. The molecule has 0 fully saturated rings. The van der Waals surface area contributed by atoms with Crippen LogP contribution >= 0.6 is 11.3 Å². The largest absolute Gasteiger partial charge is 0.310 e. The zero-order valence-electron chi connectivity index (χ0n) is 11.4. The molecule has 1 aromatic heterocycles. The van der Waals surface area contributed by atoms with Crippen LogP contribution in [0.2, 0.25) is 0 Å². The first-order chi connectivity index (χ1) is 8.85. The number of benzene rings is 1. The average molecular weight is 261 g/mol. The van der Waals surface area contributed by atoms with E-state index in [1.807, 2.05) is 11.3 Å². The zero-order chi connectivity index (χ0) is 12.8. The summed E-state index contributed by atoms with van der Waals surface area (Å²) in [4.78, 5) is 1.49. The molecule has 2 rings (SSSR count). The van der Waals surface area contributed by atoms with Gasteiger partial charge in [0.15, 0.2) is 0 Å². The smallest absolute Gasteiger partial charge is 0.0415 e. The SMILES string of the molecule is CCCCCC(NCC)c1cc2ccccc2s1. The van der Waals surface area contributed by atoms with Gasteiger partial charge in [0.25, 0.3) is 0 Å². The Morgan fingerprint density at radius 1 is 1.17 bits per heavy atom. The molecule has 0 saturated heterocycles. The van der Waals surface area contributed by atoms with Crippen molar-refractivity contribution in [2.75, 3.05) is 6.54 Å². The van der Waals surface area contributed by atoms with Crippen molar-refractivity contribution in [2.24, 2.45) is 0 Å². The van der Waals surface area contributed by atoms with Gasteiger partial charge in [0.2, 0.25) is 0 Å². The van der Waals surface area contributed by atoms with Gasteiger partial charge in [-0.2, -0.15) is 0 Å². The van der Waals surface area contributed by atoms with Crippen molar-refractivity contribution < 1.29 is 0 Å². The van der Waals surface area contributed by atoms with E-state index < -0.39 is 0 Å². The maximum atomic E-state index is 3.63. The molecule has 0 spiro atoms. The lowest BCUT2D eigenvalue weighted by molar-refractivity contribution is 0.493. The molecule has 18 heavy (non-hydrogen) atoms. The van der Waals surface area contributed by atoms with Crippen LogP contribution in [0.15, 0.2) is 30.3 Å². The van der Waals surface area contributed by atoms with E-state index in [2.05, 4.69) is 49.5 Å². The fourth-order valence-corrected chi connectivity index (χ4v) is 3.54. The van der Waals surface area contributed by atoms with Crippen molar-refractivity contribution in [1.82, 2.24) is 5.32 Å². The molecule has 0 radical (unpaired) electrons. The van der Waals surface area contributed by atoms with E-state index in [0.29, 0.717) is 6.04 Å². The molecule has 0 saturated carbocycles. The highest BCUT2D eigenvalue weighted by Crippen LogP contribution is 2.32. The van der Waals surface area contributed by atoms with Crippen LogP contribution in [0.5, 0.6) is 0 Å². The van der Waals surface area contributed by atoms with Crippen molar-refractivity contribution in [3.05, 3.63) is 35.2 Å². The van der Waals surface area contributed by atoms with E-state index in [4.69, 9.17) is 0 Å². The van der Waals surface area contributed by atoms with Crippen LogP contribution in [-0.4, -0.2) is 6.54 Å². The van der Waals surface area contributed by atoms with Gasteiger partial charge >= 0.3 is 0 Å². The summed E-state index contributed by atoms with van der Waals surface area (Å²) in [6.07, 6.45) is 5.22. The maximum Gasteiger partial charge on any atom is 0.0415 e. The standard InChI is InChI=1S/C16H23NS/c1-3-5-6-10-14(17-4-2)16-12-13-9-7-8-11-15(13)18-16/h7-9,11-12,14,17H,3-6,10H2,1-2H3. The second-order valence-electron chi connectivity index (χ2n) is 4.79. The van der Waals surface area contributed by atoms with Crippen molar-refractivity contribution in [2.45, 2.75) is 45.6 Å². The molecule has 1 nitrogen and oxygen atoms in total. The zero-order valence-corrected chi connectivity index (χ0v) is 12.2. The molecular formula is C16H23NS. The third-order valence-corrected chi connectivity index (χ3v) is 4.56. The molecule has 98 valence electrons. The van der Waals surface area contributed by atoms with Crippen molar-refractivity contribution in [3.8, 4) is 0 Å². The van der Waals surface area contributed by atoms with Crippen LogP contribution in [-0.2, 0) is 0 Å². The highest BCUT2D eigenvalue weighted by molar-refractivity contribution is 7.19. The fraction of sp³-hybridized carbons (Fsp3) is 0.500. The topological polar surface area (TPSA) is 12.0 Å². The van der Waals surface area contributed by atoms with E-state index >= 15 is 0 Å². The third kappa shape index (κ3) is 3.33. The summed E-state index contributed by atoms with van der Waals surface area (Å²) in [6, 6.07) is 11.6. The fourth-order valence-electron chi connectivity index (χ4n) is 2.36. The quantitative estimate of drug-likeness (QED) is 0.681. The van der Waals surface area contributed by atoms with Crippen LogP contribution in [0.3, 0.4) is 0 Å². The monoisotopic (exact) mass is 261 g/mol. The first kappa shape index (κ1) is 13.6.